The zero-order valence-corrected chi connectivity index (χ0v) is 14.3. The molecule has 5 nitrogen and oxygen atoms in total. The van der Waals surface area contributed by atoms with E-state index < -0.39 is 5.92 Å². The van der Waals surface area contributed by atoms with Gasteiger partial charge in [0, 0.05) is 12.8 Å². The number of aliphatic hydroxyl groups excluding tert-OH is 1. The molecule has 7 atom stereocenters. The lowest BCUT2D eigenvalue weighted by Gasteiger charge is -2.47. The van der Waals surface area contributed by atoms with Gasteiger partial charge in [0.1, 0.15) is 36.3 Å². The fourth-order valence-electron chi connectivity index (χ4n) is 4.87. The first-order chi connectivity index (χ1) is 11.6. The first kappa shape index (κ1) is 16.1. The highest BCUT2D eigenvalue weighted by atomic mass is 16.6. The Labute approximate surface area is 142 Å². The van der Waals surface area contributed by atoms with Crippen molar-refractivity contribution in [1.82, 2.24) is 0 Å². The highest BCUT2D eigenvalue weighted by Gasteiger charge is 2.71. The van der Waals surface area contributed by atoms with Crippen LogP contribution in [-0.2, 0) is 14.3 Å². The number of hydrogen-bond acceptors (Lipinski definition) is 4. The lowest BCUT2D eigenvalue weighted by atomic mass is 9.95. The normalized spacial score (nSPS) is 40.7. The Morgan fingerprint density at radius 1 is 1.29 bits per heavy atom. The van der Waals surface area contributed by atoms with E-state index in [1.165, 1.54) is 0 Å². The van der Waals surface area contributed by atoms with E-state index in [0.717, 1.165) is 29.4 Å². The van der Waals surface area contributed by atoms with Gasteiger partial charge in [-0.2, -0.15) is 0 Å². The molecule has 130 valence electrons. The van der Waals surface area contributed by atoms with Crippen LogP contribution < -0.4 is 0 Å². The Balaban J connectivity index is 1.44. The quantitative estimate of drug-likeness (QED) is 0.504. The highest BCUT2D eigenvalue weighted by Crippen LogP contribution is 2.52. The van der Waals surface area contributed by atoms with Crippen LogP contribution in [0.25, 0.3) is 0 Å². The number of hydrogen-bond donors (Lipinski definition) is 1. The van der Waals surface area contributed by atoms with Crippen LogP contribution in [0.5, 0.6) is 0 Å². The second-order valence-electron chi connectivity index (χ2n) is 7.54. The molecule has 3 saturated heterocycles. The number of esters is 1. The number of aliphatic hydroxyl groups is 1. The number of fused-ring (bicyclic) bond motifs is 5. The molecule has 24 heavy (non-hydrogen) atoms. The molecular formula is C19H26NO4+. The van der Waals surface area contributed by atoms with Gasteiger partial charge >= 0.3 is 5.97 Å². The van der Waals surface area contributed by atoms with Crippen molar-refractivity contribution >= 4 is 5.97 Å². The molecule has 5 heteroatoms. The predicted octanol–water partition coefficient (Wildman–Crippen LogP) is 1.45. The summed E-state index contributed by atoms with van der Waals surface area (Å²) in [5.41, 5.74) is 0.809. The molecule has 0 aromatic heterocycles. The summed E-state index contributed by atoms with van der Waals surface area (Å²) in [6.45, 7) is 3.10. The maximum absolute atomic E-state index is 12.6. The highest BCUT2D eigenvalue weighted by molar-refractivity contribution is 5.78. The number of nitrogens with zero attached hydrogens (tertiary/aromatic N) is 1. The van der Waals surface area contributed by atoms with E-state index in [-0.39, 0.29) is 18.7 Å². The van der Waals surface area contributed by atoms with Crippen molar-refractivity contribution in [2.24, 2.45) is 0 Å². The molecule has 0 radical (unpaired) electrons. The number of carbonyl (C=O) groups excluding carboxylic acids is 1. The largest absolute Gasteiger partial charge is 0.461 e. The molecule has 0 spiro atoms. The van der Waals surface area contributed by atoms with Crippen LogP contribution in [0.2, 0.25) is 0 Å². The van der Waals surface area contributed by atoms with E-state index in [1.807, 2.05) is 30.3 Å². The molecule has 3 aliphatic heterocycles. The maximum Gasteiger partial charge on any atom is 0.316 e. The average Bonchev–Trinajstić information content (AvgIpc) is 3.35. The average molecular weight is 332 g/mol. The number of benzene rings is 1. The molecule has 0 saturated carbocycles. The van der Waals surface area contributed by atoms with Crippen LogP contribution in [0.3, 0.4) is 0 Å². The minimum Gasteiger partial charge on any atom is -0.461 e. The van der Waals surface area contributed by atoms with Gasteiger partial charge in [0.2, 0.25) is 0 Å². The van der Waals surface area contributed by atoms with Gasteiger partial charge in [0.15, 0.2) is 0 Å². The topological polar surface area (TPSA) is 59.1 Å². The van der Waals surface area contributed by atoms with Gasteiger partial charge in [-0.3, -0.25) is 4.79 Å². The fraction of sp³-hybridized carbons (Fsp3) is 0.632. The van der Waals surface area contributed by atoms with E-state index in [2.05, 4.69) is 14.0 Å². The van der Waals surface area contributed by atoms with E-state index >= 15 is 0 Å². The number of carbonyl (C=O) groups is 1. The molecule has 0 aliphatic carbocycles. The molecular weight excluding hydrogens is 306 g/mol. The summed E-state index contributed by atoms with van der Waals surface area (Å²) in [4.78, 5) is 12.6. The number of epoxide rings is 1. The third kappa shape index (κ3) is 2.38. The molecule has 1 N–H and O–H groups in total. The van der Waals surface area contributed by atoms with Gasteiger partial charge in [-0.15, -0.1) is 0 Å². The predicted molar refractivity (Wildman–Crippen MR) is 88.3 cm³/mol. The number of quaternary nitrogens is 1. The van der Waals surface area contributed by atoms with Crippen LogP contribution in [0.1, 0.15) is 31.2 Å². The third-order valence-corrected chi connectivity index (χ3v) is 6.48. The number of ether oxygens (including phenoxy) is 2. The monoisotopic (exact) mass is 332 g/mol. The summed E-state index contributed by atoms with van der Waals surface area (Å²) < 4.78 is 12.7. The SMILES string of the molecule is CC[N+]1(C)C2C[C@H](OC(=O)[C@H](CO)c3ccccc3)C[C@H]1[C@H]1OC21. The van der Waals surface area contributed by atoms with Gasteiger partial charge < -0.3 is 19.1 Å². The minimum atomic E-state index is -0.594. The number of rotatable bonds is 5. The molecule has 1 aromatic rings. The van der Waals surface area contributed by atoms with Crippen LogP contribution in [0, 0.1) is 0 Å². The third-order valence-electron chi connectivity index (χ3n) is 6.48. The Morgan fingerprint density at radius 3 is 2.46 bits per heavy atom. The van der Waals surface area contributed by atoms with Crippen molar-refractivity contribution in [3.8, 4) is 0 Å². The lowest BCUT2D eigenvalue weighted by molar-refractivity contribution is -0.954. The summed E-state index contributed by atoms with van der Waals surface area (Å²) in [7, 11) is 2.31. The minimum absolute atomic E-state index is 0.0561. The van der Waals surface area contributed by atoms with Gasteiger partial charge in [0.05, 0.1) is 20.2 Å². The van der Waals surface area contributed by atoms with Crippen molar-refractivity contribution in [3.63, 3.8) is 0 Å². The van der Waals surface area contributed by atoms with E-state index in [1.54, 1.807) is 0 Å². The second kappa shape index (κ2) is 5.83. The first-order valence-electron chi connectivity index (χ1n) is 8.95. The van der Waals surface area contributed by atoms with Crippen LogP contribution in [-0.4, -0.2) is 66.2 Å². The molecule has 4 rings (SSSR count). The van der Waals surface area contributed by atoms with Crippen molar-refractivity contribution < 1.29 is 23.9 Å². The molecule has 3 unspecified atom stereocenters. The number of morpholine rings is 1. The van der Waals surface area contributed by atoms with Crippen LogP contribution >= 0.6 is 0 Å². The summed E-state index contributed by atoms with van der Waals surface area (Å²) in [5.74, 6) is -0.904. The van der Waals surface area contributed by atoms with Crippen LogP contribution in [0.4, 0.5) is 0 Å². The molecule has 3 aliphatic rings. The van der Waals surface area contributed by atoms with Gasteiger partial charge in [-0.05, 0) is 12.5 Å². The lowest BCUT2D eigenvalue weighted by Crippen LogP contribution is -2.62. The summed E-state index contributed by atoms with van der Waals surface area (Å²) in [6.07, 6.45) is 2.37. The Morgan fingerprint density at radius 2 is 1.92 bits per heavy atom. The van der Waals surface area contributed by atoms with Crippen molar-refractivity contribution in [1.29, 1.82) is 0 Å². The summed E-state index contributed by atoms with van der Waals surface area (Å²) >= 11 is 0. The molecule has 1 aromatic carbocycles. The van der Waals surface area contributed by atoms with E-state index in [0.29, 0.717) is 24.3 Å². The Kier molecular flexibility index (Phi) is 3.90. The molecule has 2 bridgehead atoms. The zero-order chi connectivity index (χ0) is 16.9. The number of likely N-dealkylation sites (N-methyl/N-ethyl adjacent to an activating group) is 1. The molecule has 0 amide bonds. The van der Waals surface area contributed by atoms with Crippen molar-refractivity contribution in [3.05, 3.63) is 35.9 Å². The van der Waals surface area contributed by atoms with Crippen molar-refractivity contribution in [2.45, 2.75) is 56.1 Å². The smallest absolute Gasteiger partial charge is 0.316 e. The summed E-state index contributed by atoms with van der Waals surface area (Å²) in [6, 6.07) is 10.2. The van der Waals surface area contributed by atoms with Gasteiger partial charge in [0.25, 0.3) is 0 Å². The first-order valence-corrected chi connectivity index (χ1v) is 8.95. The number of piperidine rings is 1. The standard InChI is InChI=1S/C19H26NO4/c1-3-20(2)15-9-13(10-16(20)18-17(15)24-18)23-19(22)14(11-21)12-7-5-4-6-8-12/h4-8,13-18,21H,3,9-11H2,1-2H3/q+1/t13-,14-,15+,16?,17-,18?,20?/m1/s1. The van der Waals surface area contributed by atoms with E-state index in [4.69, 9.17) is 9.47 Å². The molecule has 3 heterocycles. The van der Waals surface area contributed by atoms with Gasteiger partial charge in [-0.1, -0.05) is 30.3 Å². The Bertz CT molecular complexity index is 601. The maximum atomic E-state index is 12.6. The van der Waals surface area contributed by atoms with Gasteiger partial charge in [-0.25, -0.2) is 0 Å². The molecule has 3 fully saturated rings. The zero-order valence-electron chi connectivity index (χ0n) is 14.3. The van der Waals surface area contributed by atoms with E-state index in [9.17, 15) is 9.90 Å². The summed E-state index contributed by atoms with van der Waals surface area (Å²) in [5, 5.41) is 9.64. The van der Waals surface area contributed by atoms with Crippen molar-refractivity contribution in [2.75, 3.05) is 20.2 Å². The second-order valence-corrected chi connectivity index (χ2v) is 7.54. The fourth-order valence-corrected chi connectivity index (χ4v) is 4.87. The van der Waals surface area contributed by atoms with Crippen LogP contribution in [0.15, 0.2) is 30.3 Å². The Hall–Kier alpha value is -1.43.